The smallest absolute Gasteiger partial charge is 0.260 e. The second-order valence-electron chi connectivity index (χ2n) is 10.7. The van der Waals surface area contributed by atoms with E-state index in [1.54, 1.807) is 11.3 Å². The predicted octanol–water partition coefficient (Wildman–Crippen LogP) is 4.90. The third-order valence-corrected chi connectivity index (χ3v) is 9.04. The molecule has 1 atom stereocenters. The van der Waals surface area contributed by atoms with E-state index in [1.807, 2.05) is 29.3 Å². The van der Waals surface area contributed by atoms with E-state index in [-0.39, 0.29) is 25.0 Å². The van der Waals surface area contributed by atoms with Gasteiger partial charge in [-0.15, -0.1) is 11.3 Å². The van der Waals surface area contributed by atoms with Crippen molar-refractivity contribution in [1.82, 2.24) is 14.8 Å². The van der Waals surface area contributed by atoms with Crippen molar-refractivity contribution in [3.05, 3.63) is 77.8 Å². The van der Waals surface area contributed by atoms with Gasteiger partial charge in [0.2, 0.25) is 0 Å². The maximum Gasteiger partial charge on any atom is 0.260 e. The number of piperidine rings is 1. The van der Waals surface area contributed by atoms with Crippen LogP contribution in [0.5, 0.6) is 5.75 Å². The number of amides is 1. The lowest BCUT2D eigenvalue weighted by Crippen LogP contribution is -2.46. The molecule has 0 saturated carbocycles. The number of aromatic nitrogens is 1. The molecule has 2 aromatic carbocycles. The summed E-state index contributed by atoms with van der Waals surface area (Å²) in [6.45, 7) is 5.93. The van der Waals surface area contributed by atoms with Crippen molar-refractivity contribution in [2.24, 2.45) is 5.92 Å². The Morgan fingerprint density at radius 3 is 2.70 bits per heavy atom. The van der Waals surface area contributed by atoms with Crippen LogP contribution >= 0.6 is 11.3 Å². The molecule has 7 nitrogen and oxygen atoms in total. The zero-order valence-corrected chi connectivity index (χ0v) is 23.6. The van der Waals surface area contributed by atoms with E-state index in [0.29, 0.717) is 6.54 Å². The normalized spacial score (nSPS) is 18.3. The molecule has 2 aromatic heterocycles. The summed E-state index contributed by atoms with van der Waals surface area (Å²) in [5.41, 5.74) is 3.49. The quantitative estimate of drug-likeness (QED) is 0.333. The summed E-state index contributed by atoms with van der Waals surface area (Å²) < 4.78 is 7.49. The van der Waals surface area contributed by atoms with E-state index >= 15 is 0 Å². The fraction of sp³-hybridized carbons (Fsp3) is 0.375. The zero-order valence-electron chi connectivity index (χ0n) is 22.7. The van der Waals surface area contributed by atoms with Gasteiger partial charge in [0, 0.05) is 79.8 Å². The molecule has 2 saturated heterocycles. The average Bonchev–Trinajstić information content (AvgIpc) is 3.45. The van der Waals surface area contributed by atoms with Crippen molar-refractivity contribution in [1.29, 1.82) is 0 Å². The Hall–Kier alpha value is -3.46. The third kappa shape index (κ3) is 5.99. The highest BCUT2D eigenvalue weighted by Gasteiger charge is 2.24. The van der Waals surface area contributed by atoms with Crippen LogP contribution in [0.3, 0.4) is 0 Å². The van der Waals surface area contributed by atoms with E-state index in [2.05, 4.69) is 62.6 Å². The molecule has 2 fully saturated rings. The van der Waals surface area contributed by atoms with Crippen LogP contribution in [0.25, 0.3) is 21.2 Å². The molecule has 208 valence electrons. The number of aliphatic hydroxyl groups excluding tert-OH is 1. The molecule has 4 aromatic rings. The van der Waals surface area contributed by atoms with Crippen molar-refractivity contribution in [3.63, 3.8) is 0 Å². The second kappa shape index (κ2) is 12.4. The highest BCUT2D eigenvalue weighted by molar-refractivity contribution is 7.17. The number of benzene rings is 2. The summed E-state index contributed by atoms with van der Waals surface area (Å²) in [5.74, 6) is 1.94. The average molecular weight is 557 g/mol. The molecule has 4 heterocycles. The standard InChI is InChI=1S/C32H36N4O3S/c37-21-24-6-5-13-36(19-24)32(38)22-39-29-11-10-25(28-23-40-30-8-2-1-7-27(28)30)18-26(29)20-34-14-16-35(17-15-34)31-9-3-4-12-33-31/h1-4,7-12,18,23-24,37H,5-6,13-17,19-22H2/t24-/m1/s1. The Morgan fingerprint density at radius 1 is 1.02 bits per heavy atom. The lowest BCUT2D eigenvalue weighted by molar-refractivity contribution is -0.135. The number of pyridine rings is 1. The maximum absolute atomic E-state index is 13.0. The molecular formula is C32H36N4O3S. The number of anilines is 1. The lowest BCUT2D eigenvalue weighted by atomic mass is 9.99. The number of aliphatic hydroxyl groups is 1. The number of fused-ring (bicyclic) bond motifs is 1. The van der Waals surface area contributed by atoms with Gasteiger partial charge in [0.15, 0.2) is 6.61 Å². The first kappa shape index (κ1) is 26.7. The zero-order chi connectivity index (χ0) is 27.3. The van der Waals surface area contributed by atoms with Crippen LogP contribution in [-0.2, 0) is 11.3 Å². The molecule has 0 radical (unpaired) electrons. The maximum atomic E-state index is 13.0. The van der Waals surface area contributed by atoms with Crippen molar-refractivity contribution < 1.29 is 14.6 Å². The van der Waals surface area contributed by atoms with Gasteiger partial charge in [0.25, 0.3) is 5.91 Å². The summed E-state index contributed by atoms with van der Waals surface area (Å²) in [5, 5.41) is 13.1. The molecule has 8 heteroatoms. The Balaban J connectivity index is 1.20. The minimum Gasteiger partial charge on any atom is -0.483 e. The molecule has 0 bridgehead atoms. The summed E-state index contributed by atoms with van der Waals surface area (Å²) in [7, 11) is 0. The van der Waals surface area contributed by atoms with Gasteiger partial charge >= 0.3 is 0 Å². The number of carbonyl (C=O) groups excluding carboxylic acids is 1. The first-order valence-corrected chi connectivity index (χ1v) is 15.0. The van der Waals surface area contributed by atoms with Crippen molar-refractivity contribution in [3.8, 4) is 16.9 Å². The fourth-order valence-electron chi connectivity index (χ4n) is 5.80. The Bertz CT molecular complexity index is 1430. The van der Waals surface area contributed by atoms with E-state index in [1.165, 1.54) is 21.2 Å². The van der Waals surface area contributed by atoms with Crippen LogP contribution in [0.1, 0.15) is 18.4 Å². The van der Waals surface area contributed by atoms with Gasteiger partial charge in [0.05, 0.1) is 0 Å². The fourth-order valence-corrected chi connectivity index (χ4v) is 6.77. The lowest BCUT2D eigenvalue weighted by Gasteiger charge is -2.35. The number of carbonyl (C=O) groups is 1. The van der Waals surface area contributed by atoms with E-state index in [0.717, 1.165) is 69.2 Å². The summed E-state index contributed by atoms with van der Waals surface area (Å²) in [6, 6.07) is 20.9. The SMILES string of the molecule is O=C(COc1ccc(-c2csc3ccccc23)cc1CN1CCN(c2ccccn2)CC1)N1CCC[C@@H](CO)C1. The number of piperazine rings is 1. The van der Waals surface area contributed by atoms with Gasteiger partial charge in [-0.25, -0.2) is 4.98 Å². The van der Waals surface area contributed by atoms with Gasteiger partial charge in [0.1, 0.15) is 11.6 Å². The number of thiophene rings is 1. The van der Waals surface area contributed by atoms with Gasteiger partial charge in [-0.1, -0.05) is 30.3 Å². The minimum absolute atomic E-state index is 0.0130. The summed E-state index contributed by atoms with van der Waals surface area (Å²) in [4.78, 5) is 24.1. The van der Waals surface area contributed by atoms with Crippen LogP contribution in [0.4, 0.5) is 5.82 Å². The van der Waals surface area contributed by atoms with Crippen LogP contribution < -0.4 is 9.64 Å². The third-order valence-electron chi connectivity index (χ3n) is 8.07. The minimum atomic E-state index is -0.0130. The van der Waals surface area contributed by atoms with Gasteiger partial charge in [-0.3, -0.25) is 9.69 Å². The van der Waals surface area contributed by atoms with Crippen LogP contribution in [-0.4, -0.2) is 78.3 Å². The number of rotatable bonds is 8. The number of ether oxygens (including phenoxy) is 1. The van der Waals surface area contributed by atoms with Crippen molar-refractivity contribution in [2.75, 3.05) is 57.4 Å². The summed E-state index contributed by atoms with van der Waals surface area (Å²) >= 11 is 1.76. The molecule has 0 aliphatic carbocycles. The molecule has 2 aliphatic heterocycles. The van der Waals surface area contributed by atoms with Gasteiger partial charge in [-0.05, 0) is 60.0 Å². The first-order valence-electron chi connectivity index (χ1n) is 14.2. The highest BCUT2D eigenvalue weighted by atomic mass is 32.1. The van der Waals surface area contributed by atoms with Crippen molar-refractivity contribution in [2.45, 2.75) is 19.4 Å². The Labute approximate surface area is 239 Å². The number of hydrogen-bond donors (Lipinski definition) is 1. The Morgan fingerprint density at radius 2 is 1.88 bits per heavy atom. The first-order chi connectivity index (χ1) is 19.7. The molecule has 2 aliphatic rings. The van der Waals surface area contributed by atoms with Crippen LogP contribution in [0, 0.1) is 5.92 Å². The summed E-state index contributed by atoms with van der Waals surface area (Å²) in [6.07, 6.45) is 3.74. The van der Waals surface area contributed by atoms with E-state index in [9.17, 15) is 9.90 Å². The second-order valence-corrected chi connectivity index (χ2v) is 11.6. The van der Waals surface area contributed by atoms with Crippen molar-refractivity contribution >= 4 is 33.1 Å². The molecule has 40 heavy (non-hydrogen) atoms. The topological polar surface area (TPSA) is 69.1 Å². The van der Waals surface area contributed by atoms with Crippen LogP contribution in [0.2, 0.25) is 0 Å². The molecule has 0 unspecified atom stereocenters. The number of likely N-dealkylation sites (tertiary alicyclic amines) is 1. The van der Waals surface area contributed by atoms with Gasteiger partial charge < -0.3 is 19.6 Å². The predicted molar refractivity (Wildman–Crippen MR) is 161 cm³/mol. The molecule has 6 rings (SSSR count). The number of nitrogens with zero attached hydrogens (tertiary/aromatic N) is 4. The Kier molecular flexibility index (Phi) is 8.27. The molecule has 1 N–H and O–H groups in total. The molecule has 0 spiro atoms. The van der Waals surface area contributed by atoms with Crippen LogP contribution in [0.15, 0.2) is 72.2 Å². The van der Waals surface area contributed by atoms with E-state index < -0.39 is 0 Å². The number of hydrogen-bond acceptors (Lipinski definition) is 7. The molecule has 1 amide bonds. The van der Waals surface area contributed by atoms with Gasteiger partial charge in [-0.2, -0.15) is 0 Å². The molecular weight excluding hydrogens is 520 g/mol. The largest absolute Gasteiger partial charge is 0.483 e. The monoisotopic (exact) mass is 556 g/mol. The van der Waals surface area contributed by atoms with E-state index in [4.69, 9.17) is 4.74 Å². The highest BCUT2D eigenvalue weighted by Crippen LogP contribution is 2.36.